The fraction of sp³-hybridized carbons (Fsp3) is 0.333. The molecule has 1 rings (SSSR count). The SMILES string of the molecule is O=[N+]([O-])c1cccc(Cl)c1SCCCCl. The van der Waals surface area contributed by atoms with Crippen LogP contribution in [0.15, 0.2) is 23.1 Å². The molecule has 0 aliphatic heterocycles. The first-order valence-corrected chi connectivity index (χ1v) is 6.18. The van der Waals surface area contributed by atoms with Crippen molar-refractivity contribution in [3.63, 3.8) is 0 Å². The zero-order valence-corrected chi connectivity index (χ0v) is 10.1. The van der Waals surface area contributed by atoms with Gasteiger partial charge in [0.2, 0.25) is 0 Å². The minimum absolute atomic E-state index is 0.0575. The fourth-order valence-corrected chi connectivity index (χ4v) is 2.63. The second-order valence-electron chi connectivity index (χ2n) is 2.74. The molecule has 0 atom stereocenters. The summed E-state index contributed by atoms with van der Waals surface area (Å²) in [5.74, 6) is 1.28. The van der Waals surface area contributed by atoms with Crippen molar-refractivity contribution in [2.24, 2.45) is 0 Å². The van der Waals surface area contributed by atoms with Gasteiger partial charge in [-0.05, 0) is 18.2 Å². The first-order chi connectivity index (χ1) is 7.16. The molecule has 1 aromatic carbocycles. The lowest BCUT2D eigenvalue weighted by atomic mass is 10.3. The van der Waals surface area contributed by atoms with Crippen molar-refractivity contribution in [1.29, 1.82) is 0 Å². The van der Waals surface area contributed by atoms with Crippen LogP contribution >= 0.6 is 35.0 Å². The summed E-state index contributed by atoms with van der Waals surface area (Å²) in [6.07, 6.45) is 0.800. The molecule has 82 valence electrons. The third kappa shape index (κ3) is 3.55. The predicted octanol–water partition coefficient (Wildman–Crippen LogP) is 3.97. The van der Waals surface area contributed by atoms with Gasteiger partial charge in [0.05, 0.1) is 9.95 Å². The predicted molar refractivity (Wildman–Crippen MR) is 64.2 cm³/mol. The molecule has 0 fully saturated rings. The first kappa shape index (κ1) is 12.6. The largest absolute Gasteiger partial charge is 0.284 e. The molecule has 0 unspecified atom stereocenters. The molecular weight excluding hydrogens is 257 g/mol. The van der Waals surface area contributed by atoms with Crippen LogP contribution in [-0.2, 0) is 0 Å². The maximum absolute atomic E-state index is 10.7. The molecule has 3 nitrogen and oxygen atoms in total. The van der Waals surface area contributed by atoms with Gasteiger partial charge in [0.25, 0.3) is 5.69 Å². The molecule has 0 bridgehead atoms. The van der Waals surface area contributed by atoms with E-state index in [1.807, 2.05) is 0 Å². The third-order valence-corrected chi connectivity index (χ3v) is 3.57. The van der Waals surface area contributed by atoms with Crippen LogP contribution in [0, 0.1) is 10.1 Å². The van der Waals surface area contributed by atoms with Gasteiger partial charge in [-0.1, -0.05) is 17.7 Å². The monoisotopic (exact) mass is 265 g/mol. The van der Waals surface area contributed by atoms with E-state index < -0.39 is 4.92 Å². The van der Waals surface area contributed by atoms with E-state index >= 15 is 0 Å². The molecule has 0 spiro atoms. The highest BCUT2D eigenvalue weighted by molar-refractivity contribution is 7.99. The molecule has 1 aromatic rings. The molecule has 0 aliphatic carbocycles. The number of thioether (sulfide) groups is 1. The molecule has 0 saturated heterocycles. The maximum atomic E-state index is 10.7. The molecule has 0 radical (unpaired) electrons. The summed E-state index contributed by atoms with van der Waals surface area (Å²) in [6.45, 7) is 0. The van der Waals surface area contributed by atoms with Gasteiger partial charge in [-0.15, -0.1) is 23.4 Å². The number of hydrogen-bond acceptors (Lipinski definition) is 3. The summed E-state index contributed by atoms with van der Waals surface area (Å²) >= 11 is 12.8. The lowest BCUT2D eigenvalue weighted by Gasteiger charge is -2.03. The Morgan fingerprint density at radius 2 is 2.20 bits per heavy atom. The lowest BCUT2D eigenvalue weighted by Crippen LogP contribution is -1.92. The van der Waals surface area contributed by atoms with Crippen molar-refractivity contribution in [2.75, 3.05) is 11.6 Å². The molecule has 0 aromatic heterocycles. The highest BCUT2D eigenvalue weighted by Gasteiger charge is 2.16. The Morgan fingerprint density at radius 3 is 2.80 bits per heavy atom. The average Bonchev–Trinajstić information content (AvgIpc) is 2.20. The molecule has 0 aliphatic rings. The van der Waals surface area contributed by atoms with Crippen LogP contribution in [0.3, 0.4) is 0 Å². The van der Waals surface area contributed by atoms with Crippen LogP contribution in [-0.4, -0.2) is 16.6 Å². The van der Waals surface area contributed by atoms with E-state index in [0.29, 0.717) is 15.8 Å². The summed E-state index contributed by atoms with van der Waals surface area (Å²) < 4.78 is 0. The summed E-state index contributed by atoms with van der Waals surface area (Å²) in [4.78, 5) is 10.8. The van der Waals surface area contributed by atoms with E-state index in [4.69, 9.17) is 23.2 Å². The van der Waals surface area contributed by atoms with E-state index in [-0.39, 0.29) is 5.69 Å². The van der Waals surface area contributed by atoms with Gasteiger partial charge >= 0.3 is 0 Å². The quantitative estimate of drug-likeness (QED) is 0.266. The van der Waals surface area contributed by atoms with Crippen molar-refractivity contribution >= 4 is 40.7 Å². The van der Waals surface area contributed by atoms with Crippen LogP contribution in [0.5, 0.6) is 0 Å². The van der Waals surface area contributed by atoms with E-state index in [2.05, 4.69) is 0 Å². The van der Waals surface area contributed by atoms with Gasteiger partial charge < -0.3 is 0 Å². The number of nitro groups is 1. The van der Waals surface area contributed by atoms with E-state index in [0.717, 1.165) is 12.2 Å². The minimum Gasteiger partial charge on any atom is -0.258 e. The highest BCUT2D eigenvalue weighted by Crippen LogP contribution is 2.35. The van der Waals surface area contributed by atoms with E-state index in [1.54, 1.807) is 12.1 Å². The smallest absolute Gasteiger partial charge is 0.258 e. The summed E-state index contributed by atoms with van der Waals surface area (Å²) in [6, 6.07) is 4.68. The van der Waals surface area contributed by atoms with Crippen molar-refractivity contribution in [3.8, 4) is 0 Å². The van der Waals surface area contributed by atoms with E-state index in [1.165, 1.54) is 17.8 Å². The second-order valence-corrected chi connectivity index (χ2v) is 4.63. The molecule has 0 amide bonds. The Labute approximate surface area is 102 Å². The summed E-state index contributed by atoms with van der Waals surface area (Å²) in [5.41, 5.74) is 0.0575. The van der Waals surface area contributed by atoms with Gasteiger partial charge in [0, 0.05) is 11.9 Å². The Balaban J connectivity index is 2.87. The maximum Gasteiger partial charge on any atom is 0.284 e. The van der Waals surface area contributed by atoms with Crippen molar-refractivity contribution < 1.29 is 4.92 Å². The Bertz CT molecular complexity index is 360. The number of rotatable bonds is 5. The van der Waals surface area contributed by atoms with Gasteiger partial charge in [-0.2, -0.15) is 0 Å². The number of nitro benzene ring substituents is 1. The lowest BCUT2D eigenvalue weighted by molar-refractivity contribution is -0.387. The highest BCUT2D eigenvalue weighted by atomic mass is 35.5. The standard InChI is InChI=1S/C9H9Cl2NO2S/c10-5-2-6-15-9-7(11)3-1-4-8(9)12(13)14/h1,3-4H,2,5-6H2. The topological polar surface area (TPSA) is 43.1 Å². The Morgan fingerprint density at radius 1 is 1.47 bits per heavy atom. The average molecular weight is 266 g/mol. The number of nitrogens with zero attached hydrogens (tertiary/aromatic N) is 1. The van der Waals surface area contributed by atoms with Gasteiger partial charge in [0.1, 0.15) is 4.90 Å². The Hall–Kier alpha value is -0.450. The Kier molecular flexibility index (Phi) is 5.22. The molecular formula is C9H9Cl2NO2S. The van der Waals surface area contributed by atoms with Gasteiger partial charge in [-0.25, -0.2) is 0 Å². The molecule has 0 N–H and O–H groups in total. The first-order valence-electron chi connectivity index (χ1n) is 4.28. The number of halogens is 2. The molecule has 15 heavy (non-hydrogen) atoms. The van der Waals surface area contributed by atoms with Gasteiger partial charge in [-0.3, -0.25) is 10.1 Å². The van der Waals surface area contributed by atoms with Crippen molar-refractivity contribution in [1.82, 2.24) is 0 Å². The van der Waals surface area contributed by atoms with E-state index in [9.17, 15) is 10.1 Å². The normalized spacial score (nSPS) is 10.3. The molecule has 6 heteroatoms. The zero-order valence-electron chi connectivity index (χ0n) is 7.78. The fourth-order valence-electron chi connectivity index (χ4n) is 1.01. The number of hydrogen-bond donors (Lipinski definition) is 0. The van der Waals surface area contributed by atoms with Crippen molar-refractivity contribution in [2.45, 2.75) is 11.3 Å². The second kappa shape index (κ2) is 6.20. The van der Waals surface area contributed by atoms with Crippen LogP contribution in [0.2, 0.25) is 5.02 Å². The van der Waals surface area contributed by atoms with Crippen LogP contribution < -0.4 is 0 Å². The summed E-state index contributed by atoms with van der Waals surface area (Å²) in [7, 11) is 0. The van der Waals surface area contributed by atoms with Crippen molar-refractivity contribution in [3.05, 3.63) is 33.3 Å². The van der Waals surface area contributed by atoms with Crippen LogP contribution in [0.4, 0.5) is 5.69 Å². The number of benzene rings is 1. The van der Waals surface area contributed by atoms with Crippen LogP contribution in [0.1, 0.15) is 6.42 Å². The van der Waals surface area contributed by atoms with Gasteiger partial charge in [0.15, 0.2) is 0 Å². The third-order valence-electron chi connectivity index (χ3n) is 1.67. The molecule has 0 heterocycles. The minimum atomic E-state index is -0.422. The number of alkyl halides is 1. The van der Waals surface area contributed by atoms with Crippen LogP contribution in [0.25, 0.3) is 0 Å². The zero-order chi connectivity index (χ0) is 11.3. The molecule has 0 saturated carbocycles. The summed E-state index contributed by atoms with van der Waals surface area (Å²) in [5, 5.41) is 11.1.